The Morgan fingerprint density at radius 3 is 2.14 bits per heavy atom. The lowest BCUT2D eigenvalue weighted by Crippen LogP contribution is -2.67. The smallest absolute Gasteiger partial charge is 0.315 e. The summed E-state index contributed by atoms with van der Waals surface area (Å²) in [6.45, 7) is 21.9. The van der Waals surface area contributed by atoms with Gasteiger partial charge in [0.25, 0.3) is 0 Å². The molecule has 0 heterocycles. The normalized spacial score (nSPS) is 45.3. The van der Waals surface area contributed by atoms with E-state index in [1.165, 1.54) is 25.3 Å². The van der Waals surface area contributed by atoms with Gasteiger partial charge in [-0.2, -0.15) is 0 Å². The molecule has 5 aliphatic rings. The largest absolute Gasteiger partial charge is 0.462 e. The van der Waals surface area contributed by atoms with Crippen LogP contribution < -0.4 is 0 Å². The minimum atomic E-state index is -0.526. The van der Waals surface area contributed by atoms with E-state index in [9.17, 15) is 14.4 Å². The van der Waals surface area contributed by atoms with Crippen molar-refractivity contribution in [1.82, 2.24) is 0 Å². The van der Waals surface area contributed by atoms with Crippen LogP contribution in [0, 0.1) is 56.7 Å². The van der Waals surface area contributed by atoms with Gasteiger partial charge in [0, 0.05) is 18.8 Å². The molecule has 0 bridgehead atoms. The van der Waals surface area contributed by atoms with E-state index < -0.39 is 11.4 Å². The summed E-state index contributed by atoms with van der Waals surface area (Å²) >= 11 is 0. The molecule has 236 valence electrons. The maximum absolute atomic E-state index is 13.9. The van der Waals surface area contributed by atoms with Gasteiger partial charge < -0.3 is 14.2 Å². The highest BCUT2D eigenvalue weighted by Crippen LogP contribution is 2.77. The Morgan fingerprint density at radius 1 is 0.786 bits per heavy atom. The molecule has 0 aliphatic heterocycles. The first-order valence-corrected chi connectivity index (χ1v) is 16.7. The summed E-state index contributed by atoms with van der Waals surface area (Å²) in [5, 5.41) is 0. The fourth-order valence-electron chi connectivity index (χ4n) is 12.2. The number of esters is 3. The second-order valence-electron chi connectivity index (χ2n) is 16.2. The molecule has 5 fully saturated rings. The van der Waals surface area contributed by atoms with Crippen LogP contribution in [0.4, 0.5) is 0 Å². The summed E-state index contributed by atoms with van der Waals surface area (Å²) in [7, 11) is 0. The monoisotopic (exact) mass is 584 g/mol. The number of ether oxygens (including phenoxy) is 3. The van der Waals surface area contributed by atoms with Crippen molar-refractivity contribution in [1.29, 1.82) is 0 Å². The van der Waals surface area contributed by atoms with Crippen molar-refractivity contribution in [3.63, 3.8) is 0 Å². The minimum absolute atomic E-state index is 0.0117. The summed E-state index contributed by atoms with van der Waals surface area (Å²) < 4.78 is 16.8. The highest BCUT2D eigenvalue weighted by molar-refractivity contribution is 5.78. The van der Waals surface area contributed by atoms with E-state index >= 15 is 0 Å². The molecule has 5 saturated carbocycles. The molecule has 6 nitrogen and oxygen atoms in total. The molecule has 3 unspecified atom stereocenters. The average molecular weight is 585 g/mol. The zero-order valence-electron chi connectivity index (χ0n) is 27.6. The number of fused-ring (bicyclic) bond motifs is 7. The molecule has 0 aromatic rings. The van der Waals surface area contributed by atoms with Crippen LogP contribution in [0.5, 0.6) is 0 Å². The third-order valence-corrected chi connectivity index (χ3v) is 14.4. The summed E-state index contributed by atoms with van der Waals surface area (Å²) in [4.78, 5) is 37.5. The van der Waals surface area contributed by atoms with Crippen LogP contribution in [0.2, 0.25) is 0 Å². The third-order valence-electron chi connectivity index (χ3n) is 14.4. The maximum atomic E-state index is 13.9. The zero-order chi connectivity index (χ0) is 30.9. The van der Waals surface area contributed by atoms with Gasteiger partial charge in [0.2, 0.25) is 6.79 Å². The number of allylic oxidation sites excluding steroid dienone is 1. The number of carbonyl (C=O) groups excluding carboxylic acids is 3. The molecule has 0 amide bonds. The molecule has 10 atom stereocenters. The molecule has 0 aromatic heterocycles. The van der Waals surface area contributed by atoms with E-state index in [4.69, 9.17) is 14.2 Å². The van der Waals surface area contributed by atoms with Gasteiger partial charge in [0.15, 0.2) is 0 Å². The summed E-state index contributed by atoms with van der Waals surface area (Å²) in [6.07, 6.45) is 10.8. The quantitative estimate of drug-likeness (QED) is 0.179. The second kappa shape index (κ2) is 10.6. The number of rotatable bonds is 6. The molecule has 0 saturated heterocycles. The van der Waals surface area contributed by atoms with Crippen LogP contribution in [-0.4, -0.2) is 30.8 Å². The van der Waals surface area contributed by atoms with Gasteiger partial charge in [-0.15, -0.1) is 0 Å². The lowest BCUT2D eigenvalue weighted by Gasteiger charge is -2.72. The highest BCUT2D eigenvalue weighted by Gasteiger charge is 2.72. The summed E-state index contributed by atoms with van der Waals surface area (Å²) in [5.41, 5.74) is 1.08. The molecule has 5 aliphatic carbocycles. The van der Waals surface area contributed by atoms with Crippen LogP contribution in [-0.2, 0) is 28.6 Å². The van der Waals surface area contributed by atoms with Crippen LogP contribution in [0.3, 0.4) is 0 Å². The van der Waals surface area contributed by atoms with E-state index in [0.29, 0.717) is 30.1 Å². The van der Waals surface area contributed by atoms with Gasteiger partial charge in [-0.3, -0.25) is 14.4 Å². The van der Waals surface area contributed by atoms with Crippen molar-refractivity contribution in [3.05, 3.63) is 12.2 Å². The molecule has 6 heteroatoms. The van der Waals surface area contributed by atoms with Crippen molar-refractivity contribution in [2.75, 3.05) is 6.79 Å². The number of hydrogen-bond acceptors (Lipinski definition) is 6. The molecule has 5 rings (SSSR count). The van der Waals surface area contributed by atoms with Crippen molar-refractivity contribution < 1.29 is 28.6 Å². The van der Waals surface area contributed by atoms with E-state index in [0.717, 1.165) is 51.4 Å². The topological polar surface area (TPSA) is 78.9 Å². The van der Waals surface area contributed by atoms with Gasteiger partial charge >= 0.3 is 17.9 Å². The molecule has 0 radical (unpaired) electrons. The first-order valence-electron chi connectivity index (χ1n) is 16.7. The van der Waals surface area contributed by atoms with Crippen LogP contribution in [0.15, 0.2) is 12.2 Å². The van der Waals surface area contributed by atoms with E-state index in [2.05, 4.69) is 48.1 Å². The SMILES string of the molecule is C=C(C)C1CC[C@]2(C(=O)OCOC(C)=O)CC[C@]3(C)[C@H](CC[C@@H]4[C@@]5(C)CC[C@H](OC(=O)CC)C(C)(C)C5CC[C@]43C)C12. The number of carbonyl (C=O) groups is 3. The standard InChI is InChI=1S/C36H56O6/c1-10-29(38)42-28-15-16-33(7)26(32(28,5)6)14-17-35(9)27(33)12-11-25-30-24(22(2)3)13-18-36(30,20-19-34(25,35)8)31(39)41-21-40-23(4)37/h24-28,30H,2,10-21H2,1,3-9H3/t24?,25-,26?,27-,28+,30?,33+,34-,35-,36+/m1/s1. The minimum Gasteiger partial charge on any atom is -0.462 e. The fraction of sp³-hybridized carbons (Fsp3) is 0.861. The van der Waals surface area contributed by atoms with Crippen molar-refractivity contribution >= 4 is 17.9 Å². The molecular formula is C36H56O6. The molecular weight excluding hydrogens is 528 g/mol. The third kappa shape index (κ3) is 4.42. The Kier molecular flexibility index (Phi) is 8.00. The van der Waals surface area contributed by atoms with E-state index in [1.54, 1.807) is 0 Å². The van der Waals surface area contributed by atoms with Gasteiger partial charge in [-0.25, -0.2) is 0 Å². The van der Waals surface area contributed by atoms with Crippen LogP contribution in [0.1, 0.15) is 126 Å². The summed E-state index contributed by atoms with van der Waals surface area (Å²) in [6, 6.07) is 0. The Morgan fingerprint density at radius 2 is 1.50 bits per heavy atom. The van der Waals surface area contributed by atoms with Crippen LogP contribution in [0.25, 0.3) is 0 Å². The molecule has 0 N–H and O–H groups in total. The lowest BCUT2D eigenvalue weighted by molar-refractivity contribution is -0.251. The average Bonchev–Trinajstić information content (AvgIpc) is 3.31. The van der Waals surface area contributed by atoms with Gasteiger partial charge in [0.1, 0.15) is 6.10 Å². The van der Waals surface area contributed by atoms with Gasteiger partial charge in [-0.05, 0) is 117 Å². The Labute approximate surface area is 254 Å². The van der Waals surface area contributed by atoms with Crippen molar-refractivity contribution in [3.8, 4) is 0 Å². The lowest BCUT2D eigenvalue weighted by atomic mass is 9.32. The Bertz CT molecular complexity index is 1130. The predicted molar refractivity (Wildman–Crippen MR) is 162 cm³/mol. The van der Waals surface area contributed by atoms with Crippen LogP contribution >= 0.6 is 0 Å². The van der Waals surface area contributed by atoms with Crippen molar-refractivity contribution in [2.24, 2.45) is 56.7 Å². The number of hydrogen-bond donors (Lipinski definition) is 0. The van der Waals surface area contributed by atoms with E-state index in [-0.39, 0.29) is 52.4 Å². The molecule has 42 heavy (non-hydrogen) atoms. The summed E-state index contributed by atoms with van der Waals surface area (Å²) in [5.74, 6) is 1.37. The van der Waals surface area contributed by atoms with Crippen molar-refractivity contribution in [2.45, 2.75) is 132 Å². The zero-order valence-corrected chi connectivity index (χ0v) is 27.6. The molecule has 0 spiro atoms. The van der Waals surface area contributed by atoms with Gasteiger partial charge in [-0.1, -0.05) is 53.7 Å². The highest BCUT2D eigenvalue weighted by atomic mass is 16.7. The second-order valence-corrected chi connectivity index (χ2v) is 16.2. The Hall–Kier alpha value is -1.85. The molecule has 0 aromatic carbocycles. The maximum Gasteiger partial charge on any atom is 0.315 e. The predicted octanol–water partition coefficient (Wildman–Crippen LogP) is 8.03. The fourth-order valence-corrected chi connectivity index (χ4v) is 12.2. The first-order chi connectivity index (χ1) is 19.6. The Balaban J connectivity index is 1.46. The van der Waals surface area contributed by atoms with Gasteiger partial charge in [0.05, 0.1) is 5.41 Å². The first kappa shape index (κ1) is 31.6. The van der Waals surface area contributed by atoms with E-state index in [1.807, 2.05) is 6.92 Å².